The predicted octanol–water partition coefficient (Wildman–Crippen LogP) is 17.7. The van der Waals surface area contributed by atoms with Crippen molar-refractivity contribution in [2.45, 2.75) is 19.3 Å². The third kappa shape index (κ3) is 7.16. The molecule has 0 unspecified atom stereocenters. The highest BCUT2D eigenvalue weighted by molar-refractivity contribution is 6.10. The van der Waals surface area contributed by atoms with Gasteiger partial charge in [0, 0.05) is 16.5 Å². The van der Waals surface area contributed by atoms with E-state index >= 15 is 8.78 Å². The van der Waals surface area contributed by atoms with Gasteiger partial charge in [-0.1, -0.05) is 153 Å². The highest BCUT2D eigenvalue weighted by Crippen LogP contribution is 2.56. The van der Waals surface area contributed by atoms with Gasteiger partial charge in [0.2, 0.25) is 0 Å². The van der Waals surface area contributed by atoms with Gasteiger partial charge >= 0.3 is 0 Å². The molecule has 12 rings (SSSR count). The van der Waals surface area contributed by atoms with Crippen LogP contribution in [0.4, 0.5) is 42.9 Å². The topological polar surface area (TPSA) is 54.1 Å². The summed E-state index contributed by atoms with van der Waals surface area (Å²) in [5, 5.41) is 27.2. The number of nitriles is 2. The molecule has 0 radical (unpaired) electrons. The van der Waals surface area contributed by atoms with Crippen LogP contribution in [0.25, 0.3) is 65.7 Å². The largest absolute Gasteiger partial charge is 0.306 e. The van der Waals surface area contributed by atoms with Gasteiger partial charge in [-0.2, -0.15) is 10.5 Å². The van der Waals surface area contributed by atoms with E-state index in [9.17, 15) is 10.5 Å². The van der Waals surface area contributed by atoms with Gasteiger partial charge in [-0.05, 0) is 150 Å². The fourth-order valence-corrected chi connectivity index (χ4v) is 10.7. The third-order valence-corrected chi connectivity index (χ3v) is 14.2. The predicted molar refractivity (Wildman–Crippen MR) is 286 cm³/mol. The Hall–Kier alpha value is -9.36. The van der Waals surface area contributed by atoms with Gasteiger partial charge in [-0.15, -0.1) is 0 Å². The Labute approximate surface area is 410 Å². The van der Waals surface area contributed by atoms with Crippen LogP contribution in [0, 0.1) is 34.3 Å². The molecule has 0 N–H and O–H groups in total. The molecule has 71 heavy (non-hydrogen) atoms. The quantitative estimate of drug-likeness (QED) is 0.152. The molecule has 336 valence electrons. The first-order chi connectivity index (χ1) is 34.7. The molecule has 6 heteroatoms. The summed E-state index contributed by atoms with van der Waals surface area (Å²) < 4.78 is 34.2. The van der Waals surface area contributed by atoms with E-state index in [1.807, 2.05) is 125 Å². The van der Waals surface area contributed by atoms with E-state index in [0.29, 0.717) is 39.6 Å². The van der Waals surface area contributed by atoms with Crippen molar-refractivity contribution in [1.82, 2.24) is 0 Å². The molecule has 0 saturated carbocycles. The monoisotopic (exact) mass is 916 g/mol. The van der Waals surface area contributed by atoms with E-state index in [1.165, 1.54) is 0 Å². The molecule has 0 aromatic heterocycles. The van der Waals surface area contributed by atoms with Crippen molar-refractivity contribution in [3.8, 4) is 45.5 Å². The summed E-state index contributed by atoms with van der Waals surface area (Å²) in [6.45, 7) is 4.36. The summed E-state index contributed by atoms with van der Waals surface area (Å²) in [6.07, 6.45) is 0. The number of rotatable bonds is 8. The molecule has 1 aliphatic rings. The van der Waals surface area contributed by atoms with Crippen molar-refractivity contribution in [1.29, 1.82) is 10.5 Å². The molecule has 0 amide bonds. The van der Waals surface area contributed by atoms with Crippen molar-refractivity contribution in [3.05, 3.63) is 252 Å². The molecule has 0 aliphatic heterocycles. The second kappa shape index (κ2) is 17.0. The van der Waals surface area contributed by atoms with E-state index in [1.54, 1.807) is 30.3 Å². The molecule has 0 spiro atoms. The molecule has 11 aromatic rings. The summed E-state index contributed by atoms with van der Waals surface area (Å²) in [4.78, 5) is 3.72. The Morgan fingerprint density at radius 3 is 1.41 bits per heavy atom. The van der Waals surface area contributed by atoms with Crippen molar-refractivity contribution >= 4 is 66.4 Å². The lowest BCUT2D eigenvalue weighted by molar-refractivity contribution is 0.629. The fourth-order valence-electron chi connectivity index (χ4n) is 10.7. The molecule has 0 atom stereocenters. The van der Waals surface area contributed by atoms with Gasteiger partial charge in [0.1, 0.15) is 23.8 Å². The molecule has 1 aliphatic carbocycles. The van der Waals surface area contributed by atoms with E-state index in [2.05, 4.69) is 98.8 Å². The summed E-state index contributed by atoms with van der Waals surface area (Å²) >= 11 is 0. The second-order valence-corrected chi connectivity index (χ2v) is 18.6. The molecule has 0 saturated heterocycles. The van der Waals surface area contributed by atoms with Crippen LogP contribution in [-0.4, -0.2) is 0 Å². The van der Waals surface area contributed by atoms with Crippen LogP contribution >= 0.6 is 0 Å². The van der Waals surface area contributed by atoms with Crippen molar-refractivity contribution < 1.29 is 8.78 Å². The zero-order chi connectivity index (χ0) is 48.4. The summed E-state index contributed by atoms with van der Waals surface area (Å²) in [5.41, 5.74) is 10.7. The number of benzene rings is 11. The third-order valence-electron chi connectivity index (χ3n) is 14.2. The van der Waals surface area contributed by atoms with Gasteiger partial charge in [0.25, 0.3) is 0 Å². The normalized spacial score (nSPS) is 12.3. The van der Waals surface area contributed by atoms with Crippen molar-refractivity contribution in [2.24, 2.45) is 0 Å². The van der Waals surface area contributed by atoms with Gasteiger partial charge in [0.05, 0.1) is 39.6 Å². The lowest BCUT2D eigenvalue weighted by Crippen LogP contribution is -2.19. The Bertz CT molecular complexity index is 4060. The van der Waals surface area contributed by atoms with Crippen LogP contribution < -0.4 is 9.80 Å². The maximum Gasteiger partial charge on any atom is 0.147 e. The maximum absolute atomic E-state index is 17.2. The molecule has 11 aromatic carbocycles. The average molecular weight is 917 g/mol. The fraction of sp³-hybridized carbons (Fsp3) is 0.0462. The van der Waals surface area contributed by atoms with Crippen molar-refractivity contribution in [3.63, 3.8) is 0 Å². The van der Waals surface area contributed by atoms with Gasteiger partial charge < -0.3 is 9.80 Å². The minimum absolute atomic E-state index is 0.304. The SMILES string of the molecule is CC1(C)c2cc(N(c3ccc(-c4ccc5ccccc5c4)cc3F)c3ccccc3C#N)ccc2-c2c1cc(N(c1ccc(-c3ccc4ccccc4c3)cc1F)c1ccccc1C#N)c1ccccc21. The first kappa shape index (κ1) is 43.0. The Morgan fingerprint density at radius 1 is 0.380 bits per heavy atom. The van der Waals surface area contributed by atoms with E-state index in [4.69, 9.17) is 0 Å². The smallest absolute Gasteiger partial charge is 0.147 e. The molecule has 0 bridgehead atoms. The first-order valence-corrected chi connectivity index (χ1v) is 23.6. The van der Waals surface area contributed by atoms with Crippen LogP contribution in [0.15, 0.2) is 218 Å². The number of halogens is 2. The van der Waals surface area contributed by atoms with Crippen LogP contribution in [0.2, 0.25) is 0 Å². The van der Waals surface area contributed by atoms with Crippen LogP contribution in [0.3, 0.4) is 0 Å². The molecule has 4 nitrogen and oxygen atoms in total. The Morgan fingerprint density at radius 2 is 0.845 bits per heavy atom. The van der Waals surface area contributed by atoms with Crippen LogP contribution in [-0.2, 0) is 5.41 Å². The number of fused-ring (bicyclic) bond motifs is 7. The number of nitrogens with zero attached hydrogens (tertiary/aromatic N) is 4. The number of hydrogen-bond acceptors (Lipinski definition) is 4. The molecular formula is C65H42F2N4. The zero-order valence-electron chi connectivity index (χ0n) is 38.8. The van der Waals surface area contributed by atoms with E-state index in [0.717, 1.165) is 82.5 Å². The second-order valence-electron chi connectivity index (χ2n) is 18.6. The average Bonchev–Trinajstić information content (AvgIpc) is 3.64. The molecular weight excluding hydrogens is 875 g/mol. The first-order valence-electron chi connectivity index (χ1n) is 23.6. The molecule has 0 heterocycles. The van der Waals surface area contributed by atoms with Gasteiger partial charge in [-0.3, -0.25) is 0 Å². The number of anilines is 6. The lowest BCUT2D eigenvalue weighted by Gasteiger charge is -2.31. The Balaban J connectivity index is 1.01. The number of hydrogen-bond donors (Lipinski definition) is 0. The van der Waals surface area contributed by atoms with E-state index in [-0.39, 0.29) is 0 Å². The summed E-state index contributed by atoms with van der Waals surface area (Å²) in [5.74, 6) is -0.868. The highest BCUT2D eigenvalue weighted by Gasteiger charge is 2.39. The Kier molecular flexibility index (Phi) is 10.3. The van der Waals surface area contributed by atoms with Crippen LogP contribution in [0.1, 0.15) is 36.1 Å². The van der Waals surface area contributed by atoms with Gasteiger partial charge in [0.15, 0.2) is 0 Å². The lowest BCUT2D eigenvalue weighted by atomic mass is 9.81. The highest BCUT2D eigenvalue weighted by atomic mass is 19.1. The number of para-hydroxylation sites is 2. The van der Waals surface area contributed by atoms with Gasteiger partial charge in [-0.25, -0.2) is 8.78 Å². The zero-order valence-corrected chi connectivity index (χ0v) is 38.8. The van der Waals surface area contributed by atoms with Crippen molar-refractivity contribution in [2.75, 3.05) is 9.80 Å². The summed E-state index contributed by atoms with van der Waals surface area (Å²) in [7, 11) is 0. The standard InChI is InChI=1S/C65H42F2N4/c1-65(2)55-37-51(70(59-21-11-7-17-49(59)39-68)61-31-27-47(35-57(61)66)45-25-23-41-13-3-5-15-43(41)33-45)29-30-54(55)64-53-20-10-9-19-52(53)63(38-56(64)65)71(60-22-12-8-18-50(60)40-69)62-32-28-48(36-58(62)67)46-26-24-42-14-4-6-16-44(42)34-46/h3-38H,1-2H3. The minimum Gasteiger partial charge on any atom is -0.306 e. The summed E-state index contributed by atoms with van der Waals surface area (Å²) in [6, 6.07) is 75.0. The van der Waals surface area contributed by atoms with Crippen LogP contribution in [0.5, 0.6) is 0 Å². The minimum atomic E-state index is -0.628. The van der Waals surface area contributed by atoms with E-state index < -0.39 is 17.0 Å². The molecule has 0 fully saturated rings. The maximum atomic E-state index is 17.2.